The molecular weight excluding hydrogens is 1230 g/mol. The Hall–Kier alpha value is -1.94. The summed E-state index contributed by atoms with van der Waals surface area (Å²) in [6.45, 7) is 11.8. The first-order valence-electron chi connectivity index (χ1n) is 38.8. The van der Waals surface area contributed by atoms with Gasteiger partial charge in [-0.25, -0.2) is 9.13 Å². The Morgan fingerprint density at radius 3 is 0.723 bits per heavy atom. The number of ether oxygens (including phenoxy) is 4. The molecule has 94 heavy (non-hydrogen) atoms. The van der Waals surface area contributed by atoms with Gasteiger partial charge in [-0.1, -0.05) is 331 Å². The highest BCUT2D eigenvalue weighted by Crippen LogP contribution is 2.45. The molecule has 0 aromatic rings. The topological polar surface area (TPSA) is 237 Å². The van der Waals surface area contributed by atoms with Crippen molar-refractivity contribution in [1.29, 1.82) is 0 Å². The monoisotopic (exact) mass is 1380 g/mol. The van der Waals surface area contributed by atoms with Crippen molar-refractivity contribution in [1.82, 2.24) is 0 Å². The molecule has 0 aliphatic rings. The summed E-state index contributed by atoms with van der Waals surface area (Å²) in [5, 5.41) is 10.6. The van der Waals surface area contributed by atoms with Crippen molar-refractivity contribution >= 4 is 39.5 Å². The van der Waals surface area contributed by atoms with Crippen LogP contribution in [-0.2, 0) is 65.4 Å². The van der Waals surface area contributed by atoms with E-state index in [4.69, 9.17) is 37.0 Å². The number of aliphatic hydroxyl groups excluding tert-OH is 1. The van der Waals surface area contributed by atoms with Crippen LogP contribution in [0.25, 0.3) is 0 Å². The van der Waals surface area contributed by atoms with E-state index in [0.717, 1.165) is 108 Å². The molecule has 0 radical (unpaired) electrons. The summed E-state index contributed by atoms with van der Waals surface area (Å²) in [6, 6.07) is 0. The maximum atomic E-state index is 13.1. The second-order valence-electron chi connectivity index (χ2n) is 28.5. The smallest absolute Gasteiger partial charge is 0.462 e. The van der Waals surface area contributed by atoms with Crippen LogP contribution in [0.1, 0.15) is 382 Å². The fourth-order valence-electron chi connectivity index (χ4n) is 11.4. The number of unbranched alkanes of at least 4 members (excludes halogenated alkanes) is 41. The summed E-state index contributed by atoms with van der Waals surface area (Å²) in [5.74, 6) is 0.0561. The van der Waals surface area contributed by atoms with E-state index in [9.17, 15) is 43.2 Å². The zero-order valence-corrected chi connectivity index (χ0v) is 63.2. The maximum absolute atomic E-state index is 13.1. The number of hydrogen-bond acceptors (Lipinski definition) is 15. The van der Waals surface area contributed by atoms with Crippen LogP contribution < -0.4 is 0 Å². The van der Waals surface area contributed by atoms with E-state index in [1.54, 1.807) is 0 Å². The lowest BCUT2D eigenvalue weighted by Gasteiger charge is -2.21. The maximum Gasteiger partial charge on any atom is 0.472 e. The molecule has 0 bridgehead atoms. The minimum atomic E-state index is -4.96. The Labute approximate surface area is 575 Å². The van der Waals surface area contributed by atoms with E-state index in [1.165, 1.54) is 186 Å². The molecule has 0 amide bonds. The Morgan fingerprint density at radius 1 is 0.287 bits per heavy atom. The summed E-state index contributed by atoms with van der Waals surface area (Å²) in [5.41, 5.74) is 0. The van der Waals surface area contributed by atoms with E-state index in [2.05, 4.69) is 48.5 Å². The van der Waals surface area contributed by atoms with Crippen LogP contribution in [0.2, 0.25) is 0 Å². The van der Waals surface area contributed by atoms with Gasteiger partial charge in [0.1, 0.15) is 19.3 Å². The molecule has 17 nitrogen and oxygen atoms in total. The highest BCUT2D eigenvalue weighted by molar-refractivity contribution is 7.47. The molecule has 0 heterocycles. The molecule has 0 saturated heterocycles. The minimum Gasteiger partial charge on any atom is -0.462 e. The zero-order valence-electron chi connectivity index (χ0n) is 61.4. The fraction of sp³-hybridized carbons (Fsp3) is 0.947. The number of hydrogen-bond donors (Lipinski definition) is 3. The van der Waals surface area contributed by atoms with Gasteiger partial charge in [-0.05, 0) is 43.4 Å². The summed E-state index contributed by atoms with van der Waals surface area (Å²) in [4.78, 5) is 72.7. The van der Waals surface area contributed by atoms with E-state index in [0.29, 0.717) is 31.6 Å². The number of carbonyl (C=O) groups excluding carboxylic acids is 4. The fourth-order valence-corrected chi connectivity index (χ4v) is 13.0. The lowest BCUT2D eigenvalue weighted by Crippen LogP contribution is -2.30. The summed E-state index contributed by atoms with van der Waals surface area (Å²) in [6.07, 6.45) is 51.6. The second kappa shape index (κ2) is 65.7. The van der Waals surface area contributed by atoms with Gasteiger partial charge in [-0.3, -0.25) is 37.3 Å². The van der Waals surface area contributed by atoms with Crippen LogP contribution in [-0.4, -0.2) is 96.7 Å². The lowest BCUT2D eigenvalue weighted by atomic mass is 10.0. The summed E-state index contributed by atoms with van der Waals surface area (Å²) >= 11 is 0. The van der Waals surface area contributed by atoms with E-state index in [1.807, 2.05) is 0 Å². The van der Waals surface area contributed by atoms with Gasteiger partial charge in [0.05, 0.1) is 26.4 Å². The quantitative estimate of drug-likeness (QED) is 0.0222. The molecule has 5 atom stereocenters. The third kappa shape index (κ3) is 68.6. The van der Waals surface area contributed by atoms with Crippen molar-refractivity contribution in [2.24, 2.45) is 17.8 Å². The van der Waals surface area contributed by atoms with Gasteiger partial charge < -0.3 is 33.8 Å². The third-order valence-corrected chi connectivity index (χ3v) is 19.3. The SMILES string of the molecule is CCCCCCCCCCCCCCCCCCCCCC(=O)O[C@H](COC(=O)CCCCCCCCCCCCCCC(C)C)COP(=O)(O)OC[C@@H](O)COP(=O)(O)OC[C@@H](COC(=O)CCCCCCCCC(C)C)OC(=O)CCCCCCCCCCC(C)C. The molecule has 19 heteroatoms. The molecule has 0 aromatic heterocycles. The standard InChI is InChI=1S/C75H146O17P2/c1-8-9-10-11-12-13-14-15-16-17-18-19-20-21-26-29-35-44-51-58-74(79)91-70(62-85-72(77)56-49-42-34-28-25-23-22-24-27-32-39-46-53-66(2)3)64-89-93(81,82)87-60-69(76)61-88-94(83,84)90-65-71(63-86-73(78)57-50-43-38-37-41-48-55-68(6)7)92-75(80)59-52-45-36-31-30-33-40-47-54-67(4)5/h66-71,76H,8-65H2,1-7H3,(H,81,82)(H,83,84)/t69-,70-,71-/m1/s1. The molecule has 0 fully saturated rings. The van der Waals surface area contributed by atoms with Gasteiger partial charge in [0.2, 0.25) is 0 Å². The average molecular weight is 1380 g/mol. The van der Waals surface area contributed by atoms with Crippen molar-refractivity contribution < 1.29 is 80.2 Å². The van der Waals surface area contributed by atoms with Crippen molar-refractivity contribution in [3.8, 4) is 0 Å². The lowest BCUT2D eigenvalue weighted by molar-refractivity contribution is -0.161. The largest absolute Gasteiger partial charge is 0.472 e. The number of phosphoric ester groups is 2. The van der Waals surface area contributed by atoms with E-state index >= 15 is 0 Å². The van der Waals surface area contributed by atoms with Crippen molar-refractivity contribution in [3.63, 3.8) is 0 Å². The van der Waals surface area contributed by atoms with Gasteiger partial charge in [-0.2, -0.15) is 0 Å². The van der Waals surface area contributed by atoms with Crippen LogP contribution in [0.3, 0.4) is 0 Å². The second-order valence-corrected chi connectivity index (χ2v) is 31.4. The first kappa shape index (κ1) is 92.1. The number of aliphatic hydroxyl groups is 1. The molecule has 558 valence electrons. The first-order valence-corrected chi connectivity index (χ1v) is 41.8. The van der Waals surface area contributed by atoms with Crippen LogP contribution in [0, 0.1) is 17.8 Å². The number of phosphoric acid groups is 2. The Kier molecular flexibility index (Phi) is 64.3. The summed E-state index contributed by atoms with van der Waals surface area (Å²) < 4.78 is 68.4. The number of carbonyl (C=O) groups is 4. The van der Waals surface area contributed by atoms with Gasteiger partial charge in [0, 0.05) is 25.7 Å². The zero-order chi connectivity index (χ0) is 69.4. The predicted molar refractivity (Wildman–Crippen MR) is 381 cm³/mol. The normalized spacial score (nSPS) is 14.1. The molecule has 3 N–H and O–H groups in total. The molecule has 0 rings (SSSR count). The third-order valence-electron chi connectivity index (χ3n) is 17.4. The molecule has 0 aliphatic heterocycles. The van der Waals surface area contributed by atoms with E-state index < -0.39 is 97.5 Å². The van der Waals surface area contributed by atoms with Crippen LogP contribution in [0.15, 0.2) is 0 Å². The van der Waals surface area contributed by atoms with Crippen molar-refractivity contribution in [3.05, 3.63) is 0 Å². The molecule has 0 spiro atoms. The van der Waals surface area contributed by atoms with Crippen LogP contribution in [0.5, 0.6) is 0 Å². The van der Waals surface area contributed by atoms with Gasteiger partial charge in [0.25, 0.3) is 0 Å². The number of rotatable bonds is 73. The van der Waals surface area contributed by atoms with Crippen molar-refractivity contribution in [2.75, 3.05) is 39.6 Å². The molecule has 0 aliphatic carbocycles. The minimum absolute atomic E-state index is 0.103. The van der Waals surface area contributed by atoms with Crippen LogP contribution in [0.4, 0.5) is 0 Å². The highest BCUT2D eigenvalue weighted by Gasteiger charge is 2.30. The van der Waals surface area contributed by atoms with E-state index in [-0.39, 0.29) is 25.7 Å². The van der Waals surface area contributed by atoms with Crippen molar-refractivity contribution in [2.45, 2.75) is 401 Å². The van der Waals surface area contributed by atoms with Gasteiger partial charge >= 0.3 is 39.5 Å². The molecular formula is C75H146O17P2. The number of esters is 4. The molecule has 2 unspecified atom stereocenters. The molecule has 0 aromatic carbocycles. The van der Waals surface area contributed by atoms with Crippen LogP contribution >= 0.6 is 15.6 Å². The Balaban J connectivity index is 5.22. The summed E-state index contributed by atoms with van der Waals surface area (Å²) in [7, 11) is -9.91. The Bertz CT molecular complexity index is 1840. The van der Waals surface area contributed by atoms with Gasteiger partial charge in [-0.15, -0.1) is 0 Å². The predicted octanol–water partition coefficient (Wildman–Crippen LogP) is 21.8. The Morgan fingerprint density at radius 2 is 0.489 bits per heavy atom. The van der Waals surface area contributed by atoms with Gasteiger partial charge in [0.15, 0.2) is 12.2 Å². The molecule has 0 saturated carbocycles. The highest BCUT2D eigenvalue weighted by atomic mass is 31.2. The first-order chi connectivity index (χ1) is 45.2. The average Bonchev–Trinajstić information content (AvgIpc) is 1.20.